The summed E-state index contributed by atoms with van der Waals surface area (Å²) in [5, 5.41) is 2.90. The van der Waals surface area contributed by atoms with Gasteiger partial charge in [-0.3, -0.25) is 4.79 Å². The van der Waals surface area contributed by atoms with Gasteiger partial charge in [0.1, 0.15) is 5.70 Å². The molecule has 9 heteroatoms. The number of benzene rings is 1. The second kappa shape index (κ2) is 15.7. The number of hydrogen-bond acceptors (Lipinski definition) is 4. The van der Waals surface area contributed by atoms with Crippen molar-refractivity contribution in [2.24, 2.45) is 0 Å². The van der Waals surface area contributed by atoms with E-state index in [2.05, 4.69) is 42.1 Å². The van der Waals surface area contributed by atoms with Crippen LogP contribution in [0.15, 0.2) is 89.1 Å². The number of hydrogen-bond donors (Lipinski definition) is 1. The van der Waals surface area contributed by atoms with Crippen LogP contribution in [-0.4, -0.2) is 40.0 Å². The first-order valence-corrected chi connectivity index (χ1v) is 14.0. The number of allylic oxidation sites excluding steroid dienone is 6. The molecule has 0 bridgehead atoms. The van der Waals surface area contributed by atoms with Crippen LogP contribution in [0.1, 0.15) is 59.4 Å². The molecule has 0 radical (unpaired) electrons. The monoisotopic (exact) mass is 587 g/mol. The van der Waals surface area contributed by atoms with Crippen molar-refractivity contribution in [1.29, 1.82) is 0 Å². The van der Waals surface area contributed by atoms with Gasteiger partial charge >= 0.3 is 25.0 Å². The predicted octanol–water partition coefficient (Wildman–Crippen LogP) is 4.55. The number of ether oxygens (including phenoxy) is 1. The van der Waals surface area contributed by atoms with E-state index in [0.717, 1.165) is 42.3 Å². The van der Waals surface area contributed by atoms with E-state index in [9.17, 15) is 18.0 Å². The summed E-state index contributed by atoms with van der Waals surface area (Å²) in [6.45, 7) is 17.5. The summed E-state index contributed by atoms with van der Waals surface area (Å²) in [5.41, 5.74) is 5.26. The molecule has 0 spiro atoms. The van der Waals surface area contributed by atoms with E-state index in [4.69, 9.17) is 0 Å². The van der Waals surface area contributed by atoms with Crippen molar-refractivity contribution in [2.75, 3.05) is 6.54 Å². The SMILES string of the molecule is CC1=CC2=CCCC(C)=C(C(=O)NCc3cc[c-]c(F)c3)N2C=C1.[CH2-]CN(C1=CCC(OC(C)(F)F)C=C1)C([CH2-])(C)C.[Li+]. The Kier molecular flexibility index (Phi) is 13.2. The van der Waals surface area contributed by atoms with Gasteiger partial charge in [0.15, 0.2) is 0 Å². The molecule has 0 saturated heterocycles. The fraction of sp³-hybridized carbons (Fsp3) is 0.382. The summed E-state index contributed by atoms with van der Waals surface area (Å²) in [7, 11) is 0. The Labute approximate surface area is 267 Å². The number of amides is 1. The number of nitrogens with zero attached hydrogens (tertiary/aromatic N) is 2. The molecule has 2 heterocycles. The summed E-state index contributed by atoms with van der Waals surface area (Å²) in [5.74, 6) is -0.567. The van der Waals surface area contributed by atoms with Gasteiger partial charge in [-0.15, -0.1) is 24.2 Å². The van der Waals surface area contributed by atoms with E-state index < -0.39 is 18.0 Å². The molecule has 1 aliphatic carbocycles. The average Bonchev–Trinajstić information content (AvgIpc) is 3.05. The molecule has 1 amide bonds. The maximum Gasteiger partial charge on any atom is 1.00 e. The van der Waals surface area contributed by atoms with Crippen molar-refractivity contribution in [3.8, 4) is 0 Å². The van der Waals surface area contributed by atoms with Crippen LogP contribution in [-0.2, 0) is 16.1 Å². The van der Waals surface area contributed by atoms with Crippen LogP contribution in [0.3, 0.4) is 0 Å². The molecule has 0 fully saturated rings. The average molecular weight is 588 g/mol. The summed E-state index contributed by atoms with van der Waals surface area (Å²) in [6, 6.07) is 7.11. The molecule has 0 aromatic heterocycles. The zero-order chi connectivity index (χ0) is 31.1. The summed E-state index contributed by atoms with van der Waals surface area (Å²) >= 11 is 0. The molecule has 228 valence electrons. The van der Waals surface area contributed by atoms with Gasteiger partial charge in [-0.2, -0.15) is 20.9 Å². The second-order valence-corrected chi connectivity index (χ2v) is 11.3. The maximum atomic E-state index is 13.2. The molecule has 1 N–H and O–H groups in total. The number of rotatable bonds is 8. The number of alkyl halides is 2. The fourth-order valence-electron chi connectivity index (χ4n) is 4.83. The third-order valence-corrected chi connectivity index (χ3v) is 6.82. The molecule has 4 rings (SSSR count). The molecule has 5 nitrogen and oxygen atoms in total. The minimum Gasteiger partial charge on any atom is -0.426 e. The number of fused-ring (bicyclic) bond motifs is 1. The quantitative estimate of drug-likeness (QED) is 0.358. The minimum atomic E-state index is -3.10. The van der Waals surface area contributed by atoms with Crippen molar-refractivity contribution in [3.63, 3.8) is 0 Å². The third-order valence-electron chi connectivity index (χ3n) is 6.82. The van der Waals surface area contributed by atoms with Crippen LogP contribution >= 0.6 is 0 Å². The van der Waals surface area contributed by atoms with Crippen LogP contribution in [0.25, 0.3) is 0 Å². The number of nitrogens with one attached hydrogen (secondary N) is 1. The van der Waals surface area contributed by atoms with Crippen molar-refractivity contribution >= 4 is 5.91 Å². The third kappa shape index (κ3) is 10.9. The Morgan fingerprint density at radius 2 is 1.95 bits per heavy atom. The molecule has 0 saturated carbocycles. The molecule has 1 aromatic rings. The van der Waals surface area contributed by atoms with Gasteiger partial charge in [0, 0.05) is 36.9 Å². The summed E-state index contributed by atoms with van der Waals surface area (Å²) in [6.07, 6.45) is 12.0. The normalized spacial score (nSPS) is 18.2. The Morgan fingerprint density at radius 1 is 1.23 bits per heavy atom. The Balaban J connectivity index is 0.000000306. The van der Waals surface area contributed by atoms with Gasteiger partial charge in [-0.25, -0.2) is 4.39 Å². The zero-order valence-corrected chi connectivity index (χ0v) is 26.1. The molecule has 43 heavy (non-hydrogen) atoms. The predicted molar refractivity (Wildman–Crippen MR) is 161 cm³/mol. The topological polar surface area (TPSA) is 44.8 Å². The zero-order valence-electron chi connectivity index (χ0n) is 26.1. The maximum absolute atomic E-state index is 13.2. The number of carbonyl (C=O) groups excluding carboxylic acids is 1. The number of halogens is 3. The van der Waals surface area contributed by atoms with E-state index >= 15 is 0 Å². The van der Waals surface area contributed by atoms with Gasteiger partial charge in [-0.1, -0.05) is 37.6 Å². The van der Waals surface area contributed by atoms with Crippen LogP contribution < -0.4 is 24.2 Å². The van der Waals surface area contributed by atoms with Crippen molar-refractivity contribution in [1.82, 2.24) is 15.1 Å². The van der Waals surface area contributed by atoms with Crippen molar-refractivity contribution in [3.05, 3.63) is 120 Å². The molecule has 3 aliphatic rings. The van der Waals surface area contributed by atoms with Crippen LogP contribution in [0.2, 0.25) is 0 Å². The standard InChI is InChI=1S/C20H20FN2O.C14H21F2NO.Li/c1-14-9-10-23-18(11-14)8-3-5-15(2)19(23)20(24)22-13-16-6-4-7-17(21)12-16;1-6-17(13(2,3)4)11-7-9-12(10-8-11)18-14(5,15)16;/h4,6,8-12H,3,5,13H2,1-2H3,(H,22,24);7-9,12H,1-2,6,10H2,3-5H3;/q-1;-2;+1. The Hall–Kier alpha value is -2.92. The molecule has 2 aliphatic heterocycles. The molecule has 1 atom stereocenters. The summed E-state index contributed by atoms with van der Waals surface area (Å²) < 4.78 is 43.2. The van der Waals surface area contributed by atoms with E-state index in [1.54, 1.807) is 18.2 Å². The van der Waals surface area contributed by atoms with Gasteiger partial charge in [-0.05, 0) is 62.5 Å². The Bertz CT molecular complexity index is 1320. The largest absolute Gasteiger partial charge is 1.00 e. The van der Waals surface area contributed by atoms with Gasteiger partial charge in [0.25, 0.3) is 5.91 Å². The number of carbonyl (C=O) groups is 1. The fourth-order valence-corrected chi connectivity index (χ4v) is 4.83. The van der Waals surface area contributed by atoms with E-state index in [1.807, 2.05) is 55.8 Å². The van der Waals surface area contributed by atoms with Gasteiger partial charge in [0.05, 0.1) is 6.10 Å². The molecular weight excluding hydrogens is 546 g/mol. The van der Waals surface area contributed by atoms with Crippen LogP contribution in [0, 0.1) is 25.7 Å². The smallest absolute Gasteiger partial charge is 0.426 e. The van der Waals surface area contributed by atoms with Gasteiger partial charge in [0.2, 0.25) is 0 Å². The first-order valence-electron chi connectivity index (χ1n) is 14.0. The van der Waals surface area contributed by atoms with E-state index in [0.29, 0.717) is 24.2 Å². The van der Waals surface area contributed by atoms with E-state index in [-0.39, 0.29) is 36.9 Å². The molecule has 1 unspecified atom stereocenters. The van der Waals surface area contributed by atoms with E-state index in [1.165, 1.54) is 12.1 Å². The van der Waals surface area contributed by atoms with Crippen LogP contribution in [0.4, 0.5) is 13.2 Å². The first kappa shape index (κ1) is 36.3. The van der Waals surface area contributed by atoms with Crippen molar-refractivity contribution in [2.45, 2.75) is 78.2 Å². The minimum absolute atomic E-state index is 0. The Morgan fingerprint density at radius 3 is 2.53 bits per heavy atom. The second-order valence-electron chi connectivity index (χ2n) is 11.3. The van der Waals surface area contributed by atoms with Gasteiger partial charge < -0.3 is 33.7 Å². The summed E-state index contributed by atoms with van der Waals surface area (Å²) in [4.78, 5) is 16.7. The van der Waals surface area contributed by atoms with Crippen molar-refractivity contribution < 1.29 is 41.6 Å². The first-order chi connectivity index (χ1) is 19.7. The molecular formula is C34H41F3LiN3O2-2. The molecule has 1 aromatic carbocycles. The van der Waals surface area contributed by atoms with Crippen LogP contribution in [0.5, 0.6) is 0 Å².